The maximum Gasteiger partial charge on any atom is 0.335 e. The first kappa shape index (κ1) is 19.6. The molecule has 1 saturated heterocycles. The third-order valence-corrected chi connectivity index (χ3v) is 5.98. The number of hydrogen-bond donors (Lipinski definition) is 1. The van der Waals surface area contributed by atoms with Gasteiger partial charge < -0.3 is 10.0 Å². The van der Waals surface area contributed by atoms with Crippen LogP contribution in [0.4, 0.5) is 0 Å². The average Bonchev–Trinajstić information content (AvgIpc) is 2.68. The van der Waals surface area contributed by atoms with Gasteiger partial charge in [-0.15, -0.1) is 0 Å². The zero-order valence-corrected chi connectivity index (χ0v) is 16.3. The van der Waals surface area contributed by atoms with E-state index >= 15 is 0 Å². The quantitative estimate of drug-likeness (QED) is 0.748. The predicted octanol–water partition coefficient (Wildman–Crippen LogP) is 5.37. The van der Waals surface area contributed by atoms with E-state index in [1.165, 1.54) is 30.4 Å². The third-order valence-electron chi connectivity index (χ3n) is 5.98. The molecule has 2 atom stereocenters. The SMILES string of the molecule is CCC1CCCC(c2cccc(C(=O)O)c2)CCN1CCc1ccccc1. The number of carboxylic acids is 1. The van der Waals surface area contributed by atoms with Gasteiger partial charge in [0.2, 0.25) is 0 Å². The highest BCUT2D eigenvalue weighted by Crippen LogP contribution is 2.31. The van der Waals surface area contributed by atoms with Crippen molar-refractivity contribution in [3.05, 3.63) is 71.3 Å². The Balaban J connectivity index is 1.67. The van der Waals surface area contributed by atoms with Crippen LogP contribution in [0.15, 0.2) is 54.6 Å². The maximum absolute atomic E-state index is 11.3. The standard InChI is InChI=1S/C24H31NO2/c1-2-23-13-7-10-20(21-11-6-12-22(18-21)24(26)27)15-17-25(23)16-14-19-8-4-3-5-9-19/h3-6,8-9,11-12,18,20,23H,2,7,10,13-17H2,1H3,(H,26,27). The van der Waals surface area contributed by atoms with Crippen molar-refractivity contribution in [2.45, 2.75) is 57.4 Å². The molecule has 144 valence electrons. The lowest BCUT2D eigenvalue weighted by molar-refractivity contribution is 0.0696. The Morgan fingerprint density at radius 2 is 1.89 bits per heavy atom. The number of hydrogen-bond acceptors (Lipinski definition) is 2. The molecule has 0 aromatic heterocycles. The second-order valence-corrected chi connectivity index (χ2v) is 7.68. The van der Waals surface area contributed by atoms with E-state index in [-0.39, 0.29) is 0 Å². The number of rotatable bonds is 6. The molecule has 3 nitrogen and oxygen atoms in total. The zero-order valence-electron chi connectivity index (χ0n) is 16.3. The zero-order chi connectivity index (χ0) is 19.1. The minimum atomic E-state index is -0.835. The van der Waals surface area contributed by atoms with Crippen molar-refractivity contribution in [2.24, 2.45) is 0 Å². The van der Waals surface area contributed by atoms with E-state index in [1.807, 2.05) is 12.1 Å². The molecule has 1 heterocycles. The minimum absolute atomic E-state index is 0.405. The summed E-state index contributed by atoms with van der Waals surface area (Å²) in [5.41, 5.74) is 3.00. The molecule has 0 aliphatic carbocycles. The molecular weight excluding hydrogens is 334 g/mol. The van der Waals surface area contributed by atoms with Crippen LogP contribution < -0.4 is 0 Å². The highest BCUT2D eigenvalue weighted by atomic mass is 16.4. The maximum atomic E-state index is 11.3. The van der Waals surface area contributed by atoms with Crippen molar-refractivity contribution in [2.75, 3.05) is 13.1 Å². The number of likely N-dealkylation sites (tertiary alicyclic amines) is 1. The molecule has 0 spiro atoms. The Hall–Kier alpha value is -2.13. The lowest BCUT2D eigenvalue weighted by Crippen LogP contribution is -2.39. The van der Waals surface area contributed by atoms with Crippen LogP contribution in [-0.2, 0) is 6.42 Å². The van der Waals surface area contributed by atoms with Crippen LogP contribution in [0.3, 0.4) is 0 Å². The van der Waals surface area contributed by atoms with Gasteiger partial charge in [-0.1, -0.05) is 55.8 Å². The fourth-order valence-corrected chi connectivity index (χ4v) is 4.36. The molecule has 3 heteroatoms. The van der Waals surface area contributed by atoms with Crippen LogP contribution in [0.5, 0.6) is 0 Å². The molecule has 1 N–H and O–H groups in total. The molecule has 1 aliphatic rings. The van der Waals surface area contributed by atoms with Gasteiger partial charge in [0.05, 0.1) is 5.56 Å². The largest absolute Gasteiger partial charge is 0.478 e. The summed E-state index contributed by atoms with van der Waals surface area (Å²) in [5.74, 6) is -0.375. The lowest BCUT2D eigenvalue weighted by atomic mass is 9.86. The van der Waals surface area contributed by atoms with Crippen molar-refractivity contribution in [1.82, 2.24) is 4.90 Å². The van der Waals surface area contributed by atoms with Crippen molar-refractivity contribution in [1.29, 1.82) is 0 Å². The van der Waals surface area contributed by atoms with Gasteiger partial charge in [0, 0.05) is 12.6 Å². The first-order valence-corrected chi connectivity index (χ1v) is 10.3. The smallest absolute Gasteiger partial charge is 0.335 e. The number of carbonyl (C=O) groups is 1. The Bertz CT molecular complexity index is 728. The summed E-state index contributed by atoms with van der Waals surface area (Å²) in [6.45, 7) is 4.49. The first-order valence-electron chi connectivity index (χ1n) is 10.3. The van der Waals surface area contributed by atoms with Gasteiger partial charge in [-0.3, -0.25) is 0 Å². The highest BCUT2D eigenvalue weighted by molar-refractivity contribution is 5.87. The van der Waals surface area contributed by atoms with Crippen LogP contribution in [0.25, 0.3) is 0 Å². The molecule has 0 saturated carbocycles. The molecule has 2 aromatic rings. The number of carboxylic acid groups (broad SMARTS) is 1. The minimum Gasteiger partial charge on any atom is -0.478 e. The number of benzene rings is 2. The molecule has 2 aromatic carbocycles. The third kappa shape index (κ3) is 5.43. The van der Waals surface area contributed by atoms with E-state index in [2.05, 4.69) is 48.2 Å². The van der Waals surface area contributed by atoms with Crippen LogP contribution in [0.2, 0.25) is 0 Å². The van der Waals surface area contributed by atoms with Crippen molar-refractivity contribution in [3.8, 4) is 0 Å². The van der Waals surface area contributed by atoms with Gasteiger partial charge in [-0.25, -0.2) is 4.79 Å². The predicted molar refractivity (Wildman–Crippen MR) is 110 cm³/mol. The second kappa shape index (κ2) is 9.70. The molecule has 1 aliphatic heterocycles. The fourth-order valence-electron chi connectivity index (χ4n) is 4.36. The normalized spacial score (nSPS) is 21.4. The van der Waals surface area contributed by atoms with E-state index in [0.29, 0.717) is 17.5 Å². The molecule has 1 fully saturated rings. The molecule has 3 rings (SSSR count). The summed E-state index contributed by atoms with van der Waals surface area (Å²) in [5, 5.41) is 9.29. The monoisotopic (exact) mass is 365 g/mol. The first-order chi connectivity index (χ1) is 13.2. The summed E-state index contributed by atoms with van der Waals surface area (Å²) in [6.07, 6.45) is 7.01. The van der Waals surface area contributed by atoms with Gasteiger partial charge in [0.1, 0.15) is 0 Å². The summed E-state index contributed by atoms with van der Waals surface area (Å²) >= 11 is 0. The lowest BCUT2D eigenvalue weighted by Gasteiger charge is -2.35. The van der Waals surface area contributed by atoms with Crippen LogP contribution in [0, 0.1) is 0 Å². The van der Waals surface area contributed by atoms with Crippen molar-refractivity contribution >= 4 is 5.97 Å². The van der Waals surface area contributed by atoms with Crippen molar-refractivity contribution in [3.63, 3.8) is 0 Å². The second-order valence-electron chi connectivity index (χ2n) is 7.68. The van der Waals surface area contributed by atoms with E-state index in [9.17, 15) is 9.90 Å². The summed E-state index contributed by atoms with van der Waals surface area (Å²) in [7, 11) is 0. The Kier molecular flexibility index (Phi) is 7.05. The van der Waals surface area contributed by atoms with Crippen molar-refractivity contribution < 1.29 is 9.90 Å². The fraction of sp³-hybridized carbons (Fsp3) is 0.458. The Labute approximate surface area is 163 Å². The van der Waals surface area contributed by atoms with Crippen LogP contribution in [0.1, 0.15) is 66.4 Å². The summed E-state index contributed by atoms with van der Waals surface area (Å²) in [6, 6.07) is 19.0. The summed E-state index contributed by atoms with van der Waals surface area (Å²) < 4.78 is 0. The van der Waals surface area contributed by atoms with E-state index in [4.69, 9.17) is 0 Å². The van der Waals surface area contributed by atoms with E-state index < -0.39 is 5.97 Å². The number of aromatic carboxylic acids is 1. The molecule has 0 radical (unpaired) electrons. The molecular formula is C24H31NO2. The molecule has 0 bridgehead atoms. The average molecular weight is 366 g/mol. The van der Waals surface area contributed by atoms with Crippen LogP contribution >= 0.6 is 0 Å². The summed E-state index contributed by atoms with van der Waals surface area (Å²) in [4.78, 5) is 14.0. The molecule has 2 unspecified atom stereocenters. The molecule has 0 amide bonds. The number of nitrogens with zero attached hydrogens (tertiary/aromatic N) is 1. The highest BCUT2D eigenvalue weighted by Gasteiger charge is 2.23. The molecule has 27 heavy (non-hydrogen) atoms. The topological polar surface area (TPSA) is 40.5 Å². The van der Waals surface area contributed by atoms with Gasteiger partial charge in [0.25, 0.3) is 0 Å². The Morgan fingerprint density at radius 3 is 2.63 bits per heavy atom. The van der Waals surface area contributed by atoms with Gasteiger partial charge in [0.15, 0.2) is 0 Å². The van der Waals surface area contributed by atoms with E-state index in [1.54, 1.807) is 6.07 Å². The van der Waals surface area contributed by atoms with Gasteiger partial charge >= 0.3 is 5.97 Å². The van der Waals surface area contributed by atoms with Gasteiger partial charge in [-0.05, 0) is 67.8 Å². The van der Waals surface area contributed by atoms with Crippen LogP contribution in [-0.4, -0.2) is 35.1 Å². The van der Waals surface area contributed by atoms with E-state index in [0.717, 1.165) is 32.4 Å². The Morgan fingerprint density at radius 1 is 1.07 bits per heavy atom. The van der Waals surface area contributed by atoms with Gasteiger partial charge in [-0.2, -0.15) is 0 Å².